The van der Waals surface area contributed by atoms with Gasteiger partial charge in [0, 0.05) is 28.6 Å². The molecule has 0 aliphatic heterocycles. The molecule has 3 aromatic rings. The minimum Gasteiger partial charge on any atom is -0.390 e. The third kappa shape index (κ3) is 1.58. The van der Waals surface area contributed by atoms with Crippen LogP contribution in [0.3, 0.4) is 0 Å². The van der Waals surface area contributed by atoms with Gasteiger partial charge in [0.1, 0.15) is 5.82 Å². The highest BCUT2D eigenvalue weighted by Gasteiger charge is 2.27. The maximum atomic E-state index is 13.4. The van der Waals surface area contributed by atoms with Crippen LogP contribution in [-0.4, -0.2) is 4.98 Å². The molecular formula is C16H11FN2S. The van der Waals surface area contributed by atoms with Crippen LogP contribution in [-0.2, 0) is 6.42 Å². The number of nitrogen functional groups attached to an aromatic ring is 1. The highest BCUT2D eigenvalue weighted by atomic mass is 32.1. The second-order valence-corrected chi connectivity index (χ2v) is 5.97. The van der Waals surface area contributed by atoms with E-state index in [2.05, 4.69) is 4.98 Å². The van der Waals surface area contributed by atoms with Crippen molar-refractivity contribution >= 4 is 16.3 Å². The SMILES string of the molecule is Nc1sc2c(c1-c1ccccn1)-c1ccc(F)cc1C2. The number of anilines is 1. The summed E-state index contributed by atoms with van der Waals surface area (Å²) in [6.45, 7) is 0. The summed E-state index contributed by atoms with van der Waals surface area (Å²) in [7, 11) is 0. The molecule has 2 N–H and O–H groups in total. The van der Waals surface area contributed by atoms with Crippen LogP contribution < -0.4 is 5.73 Å². The topological polar surface area (TPSA) is 38.9 Å². The molecule has 0 fully saturated rings. The van der Waals surface area contributed by atoms with Gasteiger partial charge in [0.15, 0.2) is 0 Å². The molecule has 98 valence electrons. The number of nitrogens with zero attached hydrogens (tertiary/aromatic N) is 1. The molecule has 20 heavy (non-hydrogen) atoms. The third-order valence-electron chi connectivity index (χ3n) is 3.62. The van der Waals surface area contributed by atoms with Gasteiger partial charge >= 0.3 is 0 Å². The Hall–Kier alpha value is -2.20. The van der Waals surface area contributed by atoms with Gasteiger partial charge in [-0.2, -0.15) is 0 Å². The van der Waals surface area contributed by atoms with Gasteiger partial charge in [-0.3, -0.25) is 4.98 Å². The van der Waals surface area contributed by atoms with Crippen molar-refractivity contribution < 1.29 is 4.39 Å². The van der Waals surface area contributed by atoms with E-state index in [1.54, 1.807) is 23.6 Å². The standard InChI is InChI=1S/C16H11FN2S/c17-10-4-5-11-9(7-10)8-13-14(11)15(16(18)20-13)12-3-1-2-6-19-12/h1-7H,8,18H2. The molecule has 1 aliphatic rings. The molecule has 2 aromatic heterocycles. The smallest absolute Gasteiger partial charge is 0.123 e. The second kappa shape index (κ2) is 4.15. The Morgan fingerprint density at radius 3 is 2.85 bits per heavy atom. The number of benzene rings is 1. The first-order valence-corrected chi connectivity index (χ1v) is 7.17. The van der Waals surface area contributed by atoms with E-state index in [9.17, 15) is 4.39 Å². The highest BCUT2D eigenvalue weighted by molar-refractivity contribution is 7.17. The van der Waals surface area contributed by atoms with Gasteiger partial charge in [-0.15, -0.1) is 11.3 Å². The van der Waals surface area contributed by atoms with Crippen molar-refractivity contribution in [1.82, 2.24) is 4.98 Å². The summed E-state index contributed by atoms with van der Waals surface area (Å²) in [5.74, 6) is -0.189. The van der Waals surface area contributed by atoms with Crippen LogP contribution in [0.2, 0.25) is 0 Å². The number of fused-ring (bicyclic) bond motifs is 3. The van der Waals surface area contributed by atoms with Crippen molar-refractivity contribution in [3.63, 3.8) is 0 Å². The van der Waals surface area contributed by atoms with E-state index in [1.807, 2.05) is 24.3 Å². The highest BCUT2D eigenvalue weighted by Crippen LogP contribution is 2.50. The van der Waals surface area contributed by atoms with E-state index in [-0.39, 0.29) is 5.82 Å². The van der Waals surface area contributed by atoms with Crippen LogP contribution in [0, 0.1) is 5.82 Å². The zero-order valence-corrected chi connectivity index (χ0v) is 11.4. The van der Waals surface area contributed by atoms with Gasteiger partial charge in [0.05, 0.1) is 10.7 Å². The fraction of sp³-hybridized carbons (Fsp3) is 0.0625. The molecular weight excluding hydrogens is 271 g/mol. The zero-order chi connectivity index (χ0) is 13.7. The first-order valence-electron chi connectivity index (χ1n) is 6.35. The molecule has 0 atom stereocenters. The van der Waals surface area contributed by atoms with Crippen LogP contribution in [0.5, 0.6) is 0 Å². The molecule has 4 heteroatoms. The number of nitrogens with two attached hydrogens (primary N) is 1. The average molecular weight is 282 g/mol. The average Bonchev–Trinajstić information content (AvgIpc) is 2.93. The number of rotatable bonds is 1. The summed E-state index contributed by atoms with van der Waals surface area (Å²) < 4.78 is 13.4. The predicted molar refractivity (Wildman–Crippen MR) is 80.2 cm³/mol. The van der Waals surface area contributed by atoms with Gasteiger partial charge in [0.2, 0.25) is 0 Å². The largest absolute Gasteiger partial charge is 0.390 e. The van der Waals surface area contributed by atoms with E-state index in [1.165, 1.54) is 10.9 Å². The Morgan fingerprint density at radius 1 is 1.15 bits per heavy atom. The van der Waals surface area contributed by atoms with Gasteiger partial charge in [-0.1, -0.05) is 12.1 Å². The Bertz CT molecular complexity index is 809. The number of halogens is 1. The number of hydrogen-bond acceptors (Lipinski definition) is 3. The van der Waals surface area contributed by atoms with Crippen LogP contribution in [0.4, 0.5) is 9.39 Å². The van der Waals surface area contributed by atoms with Crippen LogP contribution in [0.25, 0.3) is 22.4 Å². The van der Waals surface area contributed by atoms with Crippen molar-refractivity contribution in [1.29, 1.82) is 0 Å². The summed E-state index contributed by atoms with van der Waals surface area (Å²) >= 11 is 1.58. The first-order chi connectivity index (χ1) is 9.74. The minimum absolute atomic E-state index is 0.189. The Labute approximate surface area is 119 Å². The van der Waals surface area contributed by atoms with Gasteiger partial charge in [-0.25, -0.2) is 4.39 Å². The lowest BCUT2D eigenvalue weighted by molar-refractivity contribution is 0.626. The minimum atomic E-state index is -0.189. The Morgan fingerprint density at radius 2 is 2.05 bits per heavy atom. The van der Waals surface area contributed by atoms with E-state index >= 15 is 0 Å². The van der Waals surface area contributed by atoms with Crippen LogP contribution in [0.1, 0.15) is 10.4 Å². The fourth-order valence-electron chi connectivity index (χ4n) is 2.80. The molecule has 1 aromatic carbocycles. The zero-order valence-electron chi connectivity index (χ0n) is 10.6. The lowest BCUT2D eigenvalue weighted by atomic mass is 10.0. The van der Waals surface area contributed by atoms with E-state index in [0.717, 1.165) is 39.4 Å². The molecule has 2 heterocycles. The molecule has 4 rings (SSSR count). The van der Waals surface area contributed by atoms with Gasteiger partial charge in [0.25, 0.3) is 0 Å². The summed E-state index contributed by atoms with van der Waals surface area (Å²) in [5.41, 5.74) is 11.3. The van der Waals surface area contributed by atoms with Crippen molar-refractivity contribution in [2.75, 3.05) is 5.73 Å². The predicted octanol–water partition coefficient (Wildman–Crippen LogP) is 4.10. The maximum absolute atomic E-state index is 13.4. The van der Waals surface area contributed by atoms with E-state index in [0.29, 0.717) is 0 Å². The number of hydrogen-bond donors (Lipinski definition) is 1. The number of aromatic nitrogens is 1. The molecule has 0 unspecified atom stereocenters. The summed E-state index contributed by atoms with van der Waals surface area (Å²) in [6, 6.07) is 10.8. The lowest BCUT2D eigenvalue weighted by Crippen LogP contribution is -1.89. The van der Waals surface area contributed by atoms with Crippen molar-refractivity contribution in [2.45, 2.75) is 6.42 Å². The molecule has 0 bridgehead atoms. The Balaban J connectivity index is 1.99. The third-order valence-corrected chi connectivity index (χ3v) is 4.64. The number of pyridine rings is 1. The second-order valence-electron chi connectivity index (χ2n) is 4.83. The summed E-state index contributed by atoms with van der Waals surface area (Å²) in [4.78, 5) is 5.60. The molecule has 0 radical (unpaired) electrons. The Kier molecular flexibility index (Phi) is 2.41. The van der Waals surface area contributed by atoms with Crippen LogP contribution >= 0.6 is 11.3 Å². The van der Waals surface area contributed by atoms with Crippen molar-refractivity contribution in [2.24, 2.45) is 0 Å². The molecule has 0 saturated carbocycles. The quantitative estimate of drug-likeness (QED) is 0.571. The van der Waals surface area contributed by atoms with E-state index < -0.39 is 0 Å². The van der Waals surface area contributed by atoms with Crippen LogP contribution in [0.15, 0.2) is 42.6 Å². The summed E-state index contributed by atoms with van der Waals surface area (Å²) in [6.07, 6.45) is 2.52. The summed E-state index contributed by atoms with van der Waals surface area (Å²) in [5, 5.41) is 0.781. The van der Waals surface area contributed by atoms with Crippen molar-refractivity contribution in [3.05, 3.63) is 58.9 Å². The molecule has 1 aliphatic carbocycles. The molecule has 0 amide bonds. The van der Waals surface area contributed by atoms with E-state index in [4.69, 9.17) is 5.73 Å². The monoisotopic (exact) mass is 282 g/mol. The van der Waals surface area contributed by atoms with Gasteiger partial charge in [-0.05, 0) is 35.4 Å². The lowest BCUT2D eigenvalue weighted by Gasteiger charge is -2.05. The number of thiophene rings is 1. The molecule has 0 saturated heterocycles. The van der Waals surface area contributed by atoms with Gasteiger partial charge < -0.3 is 5.73 Å². The normalized spacial score (nSPS) is 12.2. The van der Waals surface area contributed by atoms with Crippen molar-refractivity contribution in [3.8, 4) is 22.4 Å². The fourth-order valence-corrected chi connectivity index (χ4v) is 3.91. The first kappa shape index (κ1) is 11.6. The maximum Gasteiger partial charge on any atom is 0.123 e. The molecule has 0 spiro atoms. The molecule has 2 nitrogen and oxygen atoms in total.